The standard InChI is InChI=1S/C10H14O2/c1-2-3-4-5-10(8-11)6-7-12-9-10/h1,8H,3-7,9H2. The van der Waals surface area contributed by atoms with E-state index < -0.39 is 0 Å². The zero-order valence-electron chi connectivity index (χ0n) is 7.21. The summed E-state index contributed by atoms with van der Waals surface area (Å²) in [7, 11) is 0. The minimum atomic E-state index is -0.211. The predicted octanol–water partition coefficient (Wildman–Crippen LogP) is 1.40. The van der Waals surface area contributed by atoms with E-state index in [1.54, 1.807) is 0 Å². The van der Waals surface area contributed by atoms with Crippen LogP contribution in [0.25, 0.3) is 0 Å². The first-order chi connectivity index (χ1) is 5.83. The average Bonchev–Trinajstić information content (AvgIpc) is 2.55. The molecule has 1 heterocycles. The molecule has 0 aliphatic carbocycles. The third kappa shape index (κ3) is 2.09. The van der Waals surface area contributed by atoms with Gasteiger partial charge in [0.25, 0.3) is 0 Å². The van der Waals surface area contributed by atoms with Crippen molar-refractivity contribution in [2.24, 2.45) is 5.41 Å². The number of carbonyl (C=O) groups excluding carboxylic acids is 1. The molecule has 1 aliphatic heterocycles. The van der Waals surface area contributed by atoms with E-state index in [9.17, 15) is 4.79 Å². The zero-order chi connectivity index (χ0) is 8.86. The number of ether oxygens (including phenoxy) is 1. The van der Waals surface area contributed by atoms with Crippen LogP contribution in [0.1, 0.15) is 25.7 Å². The van der Waals surface area contributed by atoms with Crippen molar-refractivity contribution >= 4 is 6.29 Å². The second-order valence-electron chi connectivity index (χ2n) is 3.34. The molecule has 1 atom stereocenters. The van der Waals surface area contributed by atoms with Crippen LogP contribution in [0.3, 0.4) is 0 Å². The predicted molar refractivity (Wildman–Crippen MR) is 46.6 cm³/mol. The molecule has 0 aromatic carbocycles. The first kappa shape index (κ1) is 9.28. The molecule has 0 amide bonds. The van der Waals surface area contributed by atoms with Crippen LogP contribution >= 0.6 is 0 Å². The van der Waals surface area contributed by atoms with Gasteiger partial charge in [-0.15, -0.1) is 12.3 Å². The van der Waals surface area contributed by atoms with Gasteiger partial charge in [-0.3, -0.25) is 0 Å². The van der Waals surface area contributed by atoms with Gasteiger partial charge in [0, 0.05) is 13.0 Å². The molecule has 1 rings (SSSR count). The average molecular weight is 166 g/mol. The molecular formula is C10H14O2. The molecule has 0 bridgehead atoms. The summed E-state index contributed by atoms with van der Waals surface area (Å²) in [4.78, 5) is 10.8. The number of unbranched alkanes of at least 4 members (excludes halogenated alkanes) is 1. The van der Waals surface area contributed by atoms with Gasteiger partial charge < -0.3 is 9.53 Å². The second-order valence-corrected chi connectivity index (χ2v) is 3.34. The maximum atomic E-state index is 10.8. The number of carbonyl (C=O) groups is 1. The lowest BCUT2D eigenvalue weighted by molar-refractivity contribution is -0.116. The minimum Gasteiger partial charge on any atom is -0.380 e. The van der Waals surface area contributed by atoms with Crippen LogP contribution in [-0.4, -0.2) is 19.5 Å². The zero-order valence-corrected chi connectivity index (χ0v) is 7.21. The summed E-state index contributed by atoms with van der Waals surface area (Å²) in [5.41, 5.74) is -0.211. The van der Waals surface area contributed by atoms with Crippen molar-refractivity contribution in [2.75, 3.05) is 13.2 Å². The number of aldehydes is 1. The van der Waals surface area contributed by atoms with Crippen molar-refractivity contribution in [1.29, 1.82) is 0 Å². The third-order valence-corrected chi connectivity index (χ3v) is 2.38. The highest BCUT2D eigenvalue weighted by molar-refractivity contribution is 5.60. The fourth-order valence-corrected chi connectivity index (χ4v) is 1.51. The van der Waals surface area contributed by atoms with Crippen molar-refractivity contribution in [1.82, 2.24) is 0 Å². The molecule has 0 spiro atoms. The van der Waals surface area contributed by atoms with E-state index >= 15 is 0 Å². The molecule has 0 N–H and O–H groups in total. The van der Waals surface area contributed by atoms with E-state index in [4.69, 9.17) is 11.2 Å². The highest BCUT2D eigenvalue weighted by Crippen LogP contribution is 2.31. The largest absolute Gasteiger partial charge is 0.380 e. The maximum Gasteiger partial charge on any atom is 0.128 e. The third-order valence-electron chi connectivity index (χ3n) is 2.38. The molecule has 1 saturated heterocycles. The Morgan fingerprint density at radius 1 is 1.67 bits per heavy atom. The number of rotatable bonds is 4. The van der Waals surface area contributed by atoms with Crippen LogP contribution in [0.5, 0.6) is 0 Å². The molecular weight excluding hydrogens is 152 g/mol. The number of hydrogen-bond acceptors (Lipinski definition) is 2. The topological polar surface area (TPSA) is 26.3 Å². The molecule has 0 aromatic rings. The van der Waals surface area contributed by atoms with Crippen molar-refractivity contribution in [3.8, 4) is 12.3 Å². The van der Waals surface area contributed by atoms with Gasteiger partial charge in [0.05, 0.1) is 12.0 Å². The van der Waals surface area contributed by atoms with Gasteiger partial charge in [0.2, 0.25) is 0 Å². The first-order valence-electron chi connectivity index (χ1n) is 4.30. The fraction of sp³-hybridized carbons (Fsp3) is 0.700. The molecule has 1 fully saturated rings. The Balaban J connectivity index is 2.35. The van der Waals surface area contributed by atoms with Crippen LogP contribution in [0.15, 0.2) is 0 Å². The summed E-state index contributed by atoms with van der Waals surface area (Å²) >= 11 is 0. The summed E-state index contributed by atoms with van der Waals surface area (Å²) < 4.78 is 5.20. The van der Waals surface area contributed by atoms with E-state index in [-0.39, 0.29) is 5.41 Å². The monoisotopic (exact) mass is 166 g/mol. The molecule has 1 unspecified atom stereocenters. The summed E-state index contributed by atoms with van der Waals surface area (Å²) in [6.07, 6.45) is 9.59. The van der Waals surface area contributed by atoms with Crippen LogP contribution in [0, 0.1) is 17.8 Å². The molecule has 1 aliphatic rings. The summed E-state index contributed by atoms with van der Waals surface area (Å²) in [5.74, 6) is 2.58. The Hall–Kier alpha value is -0.810. The normalized spacial score (nSPS) is 28.2. The fourth-order valence-electron chi connectivity index (χ4n) is 1.51. The Bertz CT molecular complexity index is 185. The van der Waals surface area contributed by atoms with Gasteiger partial charge >= 0.3 is 0 Å². The second kappa shape index (κ2) is 4.27. The molecule has 66 valence electrons. The quantitative estimate of drug-likeness (QED) is 0.358. The maximum absolute atomic E-state index is 10.8. The first-order valence-corrected chi connectivity index (χ1v) is 4.30. The molecule has 2 nitrogen and oxygen atoms in total. The van der Waals surface area contributed by atoms with E-state index in [0.29, 0.717) is 6.61 Å². The van der Waals surface area contributed by atoms with Crippen molar-refractivity contribution in [3.63, 3.8) is 0 Å². The molecule has 12 heavy (non-hydrogen) atoms. The molecule has 0 saturated carbocycles. The van der Waals surface area contributed by atoms with Crippen molar-refractivity contribution < 1.29 is 9.53 Å². The van der Waals surface area contributed by atoms with Gasteiger partial charge in [0.15, 0.2) is 0 Å². The van der Waals surface area contributed by atoms with Crippen LogP contribution in [0.4, 0.5) is 0 Å². The highest BCUT2D eigenvalue weighted by atomic mass is 16.5. The lowest BCUT2D eigenvalue weighted by Crippen LogP contribution is -2.22. The lowest BCUT2D eigenvalue weighted by atomic mass is 9.84. The lowest BCUT2D eigenvalue weighted by Gasteiger charge is -2.18. The Kier molecular flexibility index (Phi) is 3.31. The Labute approximate surface area is 73.3 Å². The Morgan fingerprint density at radius 2 is 2.50 bits per heavy atom. The Morgan fingerprint density at radius 3 is 3.00 bits per heavy atom. The summed E-state index contributed by atoms with van der Waals surface area (Å²) in [5, 5.41) is 0. The van der Waals surface area contributed by atoms with Crippen LogP contribution in [-0.2, 0) is 9.53 Å². The summed E-state index contributed by atoms with van der Waals surface area (Å²) in [6, 6.07) is 0. The number of terminal acetylenes is 1. The van der Waals surface area contributed by atoms with E-state index in [0.717, 1.165) is 38.6 Å². The van der Waals surface area contributed by atoms with Gasteiger partial charge in [-0.25, -0.2) is 0 Å². The van der Waals surface area contributed by atoms with Gasteiger partial charge in [-0.1, -0.05) is 0 Å². The SMILES string of the molecule is C#CCCCC1(C=O)CCOC1. The molecule has 2 heteroatoms. The van der Waals surface area contributed by atoms with Gasteiger partial charge in [-0.05, 0) is 19.3 Å². The highest BCUT2D eigenvalue weighted by Gasteiger charge is 2.33. The summed E-state index contributed by atoms with van der Waals surface area (Å²) in [6.45, 7) is 1.30. The molecule has 0 aromatic heterocycles. The smallest absolute Gasteiger partial charge is 0.128 e. The van der Waals surface area contributed by atoms with Crippen LogP contribution in [0.2, 0.25) is 0 Å². The van der Waals surface area contributed by atoms with E-state index in [2.05, 4.69) is 5.92 Å². The van der Waals surface area contributed by atoms with E-state index in [1.165, 1.54) is 0 Å². The van der Waals surface area contributed by atoms with Crippen molar-refractivity contribution in [3.05, 3.63) is 0 Å². The number of hydrogen-bond donors (Lipinski definition) is 0. The van der Waals surface area contributed by atoms with Crippen molar-refractivity contribution in [2.45, 2.75) is 25.7 Å². The molecule has 0 radical (unpaired) electrons. The minimum absolute atomic E-state index is 0.211. The van der Waals surface area contributed by atoms with Gasteiger partial charge in [-0.2, -0.15) is 0 Å². The van der Waals surface area contributed by atoms with E-state index in [1.807, 2.05) is 0 Å². The van der Waals surface area contributed by atoms with Gasteiger partial charge in [0.1, 0.15) is 6.29 Å². The van der Waals surface area contributed by atoms with Crippen LogP contribution < -0.4 is 0 Å².